The van der Waals surface area contributed by atoms with Crippen molar-refractivity contribution in [2.24, 2.45) is 5.92 Å². The number of nitrogens with zero attached hydrogens (tertiary/aromatic N) is 2. The third-order valence-corrected chi connectivity index (χ3v) is 8.34. The molecule has 3 aliphatic heterocycles. The number of hydrogen-bond donors (Lipinski definition) is 2. The first-order chi connectivity index (χ1) is 17.5. The lowest BCUT2D eigenvalue weighted by Crippen LogP contribution is -2.75. The lowest BCUT2D eigenvalue weighted by Gasteiger charge is -2.52. The number of fused-ring (bicyclic) bond motifs is 1. The van der Waals surface area contributed by atoms with E-state index in [1.807, 2.05) is 12.1 Å². The van der Waals surface area contributed by atoms with Crippen molar-refractivity contribution < 1.29 is 24.2 Å². The molecule has 2 N–H and O–H groups in total. The number of aliphatic hydroxyl groups is 1. The molecule has 0 radical (unpaired) electrons. The number of nitrogens with one attached hydrogen (secondary N) is 1. The van der Waals surface area contributed by atoms with Crippen molar-refractivity contribution in [3.8, 4) is 23.3 Å². The molecular weight excluding hydrogens is 494 g/mol. The predicted octanol–water partition coefficient (Wildman–Crippen LogP) is 2.51. The number of carbonyl (C=O) groups excluding carboxylic acids is 2. The summed E-state index contributed by atoms with van der Waals surface area (Å²) in [4.78, 5) is 31.3. The van der Waals surface area contributed by atoms with Crippen LogP contribution in [0.5, 0.6) is 11.5 Å². The molecule has 1 aliphatic carbocycles. The Morgan fingerprint density at radius 2 is 1.81 bits per heavy atom. The van der Waals surface area contributed by atoms with E-state index < -0.39 is 17.7 Å². The number of piperazine rings is 1. The van der Waals surface area contributed by atoms with Crippen LogP contribution in [0, 0.1) is 17.8 Å². The molecule has 2 atom stereocenters. The highest BCUT2D eigenvalue weighted by molar-refractivity contribution is 6.00. The molecule has 1 aromatic carbocycles. The Morgan fingerprint density at radius 1 is 1.11 bits per heavy atom. The quantitative estimate of drug-likeness (QED) is 0.567. The minimum absolute atomic E-state index is 0. The average Bonchev–Trinajstić information content (AvgIpc) is 2.92. The second-order valence-corrected chi connectivity index (χ2v) is 10.5. The summed E-state index contributed by atoms with van der Waals surface area (Å²) in [6, 6.07) is 5.14. The third kappa shape index (κ3) is 5.55. The molecule has 2 unspecified atom stereocenters. The van der Waals surface area contributed by atoms with Crippen molar-refractivity contribution in [3.05, 3.63) is 23.8 Å². The van der Waals surface area contributed by atoms with Crippen LogP contribution in [0.15, 0.2) is 18.2 Å². The number of carbonyl (C=O) groups is 2. The van der Waals surface area contributed by atoms with Gasteiger partial charge in [0.1, 0.15) is 24.8 Å². The number of amides is 2. The third-order valence-electron chi connectivity index (χ3n) is 8.34. The summed E-state index contributed by atoms with van der Waals surface area (Å²) in [7, 11) is 0. The highest BCUT2D eigenvalue weighted by Crippen LogP contribution is 2.37. The van der Waals surface area contributed by atoms with Gasteiger partial charge < -0.3 is 24.8 Å². The van der Waals surface area contributed by atoms with Crippen LogP contribution >= 0.6 is 12.4 Å². The second-order valence-electron chi connectivity index (χ2n) is 10.5. The van der Waals surface area contributed by atoms with E-state index in [0.717, 1.165) is 55.7 Å². The standard InChI is InChI=1S/C28H37N3O5.ClH/c1-2-3-13-31-26(33)24(25(32)21-7-5-4-6-8-21)29-27(34)28(31)11-14-30(15-12-28)19-20-9-10-22-23(18-20)36-17-16-35-22;/h9-10,18,21,24-25,32H,4-8,11-17,19H2,1H3,(H,29,34);1H. The number of piperidine rings is 1. The lowest BCUT2D eigenvalue weighted by atomic mass is 9.78. The highest BCUT2D eigenvalue weighted by Gasteiger charge is 2.55. The minimum Gasteiger partial charge on any atom is -0.486 e. The summed E-state index contributed by atoms with van der Waals surface area (Å²) in [5.41, 5.74) is 0.205. The van der Waals surface area contributed by atoms with Crippen LogP contribution in [0.25, 0.3) is 0 Å². The van der Waals surface area contributed by atoms with Crippen LogP contribution in [0.2, 0.25) is 0 Å². The maximum Gasteiger partial charge on any atom is 0.249 e. The Hall–Kier alpha value is -2.47. The van der Waals surface area contributed by atoms with Crippen molar-refractivity contribution >= 4 is 24.2 Å². The number of ether oxygens (including phenoxy) is 2. The number of benzene rings is 1. The van der Waals surface area contributed by atoms with Gasteiger partial charge in [-0.05, 0) is 56.2 Å². The van der Waals surface area contributed by atoms with E-state index in [9.17, 15) is 14.7 Å². The maximum atomic E-state index is 13.7. The molecule has 0 bridgehead atoms. The SMILES string of the molecule is CC#CCN1C(=O)C(C(O)C2CCCCC2)NC(=O)C12CCN(Cc1ccc3c(c1)OCCO3)CC2.Cl. The van der Waals surface area contributed by atoms with Crippen LogP contribution in [0.1, 0.15) is 57.4 Å². The van der Waals surface area contributed by atoms with Gasteiger partial charge >= 0.3 is 0 Å². The molecule has 2 amide bonds. The number of likely N-dealkylation sites (tertiary alicyclic amines) is 1. The smallest absolute Gasteiger partial charge is 0.249 e. The van der Waals surface area contributed by atoms with Crippen molar-refractivity contribution in [2.45, 2.75) is 76.1 Å². The van der Waals surface area contributed by atoms with Gasteiger partial charge in [-0.15, -0.1) is 18.3 Å². The van der Waals surface area contributed by atoms with Crippen LogP contribution in [0.3, 0.4) is 0 Å². The number of hydrogen-bond acceptors (Lipinski definition) is 6. The number of halogens is 1. The van der Waals surface area contributed by atoms with E-state index in [1.54, 1.807) is 11.8 Å². The Bertz CT molecular complexity index is 1040. The molecular formula is C28H38ClN3O5. The number of rotatable bonds is 5. The Labute approximate surface area is 225 Å². The summed E-state index contributed by atoms with van der Waals surface area (Å²) in [5.74, 6) is 7.14. The van der Waals surface area contributed by atoms with Crippen molar-refractivity contribution in [1.29, 1.82) is 0 Å². The van der Waals surface area contributed by atoms with Crippen molar-refractivity contribution in [1.82, 2.24) is 15.1 Å². The van der Waals surface area contributed by atoms with Gasteiger partial charge in [0, 0.05) is 19.6 Å². The Morgan fingerprint density at radius 3 is 2.51 bits per heavy atom. The molecule has 202 valence electrons. The summed E-state index contributed by atoms with van der Waals surface area (Å²) in [6.07, 6.45) is 5.30. The molecule has 3 fully saturated rings. The zero-order chi connectivity index (χ0) is 25.1. The molecule has 3 heterocycles. The van der Waals surface area contributed by atoms with Gasteiger partial charge in [0.05, 0.1) is 12.6 Å². The van der Waals surface area contributed by atoms with Gasteiger partial charge in [0.25, 0.3) is 0 Å². The van der Waals surface area contributed by atoms with Crippen molar-refractivity contribution in [3.63, 3.8) is 0 Å². The Kier molecular flexibility index (Phi) is 8.89. The van der Waals surface area contributed by atoms with Gasteiger partial charge in [-0.3, -0.25) is 14.5 Å². The topological polar surface area (TPSA) is 91.3 Å². The highest BCUT2D eigenvalue weighted by atomic mass is 35.5. The average molecular weight is 532 g/mol. The molecule has 1 saturated carbocycles. The fourth-order valence-electron chi connectivity index (χ4n) is 6.23. The normalized spacial score (nSPS) is 24.5. The largest absolute Gasteiger partial charge is 0.486 e. The van der Waals surface area contributed by atoms with Gasteiger partial charge in [-0.1, -0.05) is 31.2 Å². The van der Waals surface area contributed by atoms with E-state index in [2.05, 4.69) is 28.1 Å². The van der Waals surface area contributed by atoms with E-state index in [1.165, 1.54) is 0 Å². The minimum atomic E-state index is -0.924. The van der Waals surface area contributed by atoms with E-state index in [4.69, 9.17) is 9.47 Å². The molecule has 0 aromatic heterocycles. The molecule has 4 aliphatic rings. The fourth-order valence-corrected chi connectivity index (χ4v) is 6.23. The van der Waals surface area contributed by atoms with E-state index in [-0.39, 0.29) is 36.7 Å². The van der Waals surface area contributed by atoms with Crippen molar-refractivity contribution in [2.75, 3.05) is 32.8 Å². The van der Waals surface area contributed by atoms with E-state index >= 15 is 0 Å². The summed E-state index contributed by atoms with van der Waals surface area (Å²) >= 11 is 0. The zero-order valence-electron chi connectivity index (χ0n) is 21.5. The first-order valence-electron chi connectivity index (χ1n) is 13.3. The van der Waals surface area contributed by atoms with Gasteiger partial charge in [-0.25, -0.2) is 0 Å². The van der Waals surface area contributed by atoms with Crippen LogP contribution < -0.4 is 14.8 Å². The molecule has 5 rings (SSSR count). The molecule has 37 heavy (non-hydrogen) atoms. The van der Waals surface area contributed by atoms with Crippen LogP contribution in [-0.2, 0) is 16.1 Å². The second kappa shape index (κ2) is 11.9. The predicted molar refractivity (Wildman–Crippen MR) is 142 cm³/mol. The Balaban J connectivity index is 0.00000320. The first kappa shape index (κ1) is 27.6. The van der Waals surface area contributed by atoms with Gasteiger partial charge in [0.2, 0.25) is 11.8 Å². The zero-order valence-corrected chi connectivity index (χ0v) is 22.4. The summed E-state index contributed by atoms with van der Waals surface area (Å²) < 4.78 is 11.3. The molecule has 9 heteroatoms. The number of aliphatic hydroxyl groups excluding tert-OH is 1. The monoisotopic (exact) mass is 531 g/mol. The van der Waals surface area contributed by atoms with Crippen LogP contribution in [0.4, 0.5) is 0 Å². The van der Waals surface area contributed by atoms with Gasteiger partial charge in [-0.2, -0.15) is 0 Å². The first-order valence-corrected chi connectivity index (χ1v) is 13.3. The summed E-state index contributed by atoms with van der Waals surface area (Å²) in [6.45, 7) is 5.17. The van der Waals surface area contributed by atoms with Gasteiger partial charge in [0.15, 0.2) is 11.5 Å². The molecule has 1 spiro atoms. The molecule has 1 aromatic rings. The molecule has 2 saturated heterocycles. The van der Waals surface area contributed by atoms with Crippen LogP contribution in [-0.4, -0.2) is 77.3 Å². The lowest BCUT2D eigenvalue weighted by molar-refractivity contribution is -0.164. The summed E-state index contributed by atoms with van der Waals surface area (Å²) in [5, 5.41) is 14.0. The maximum absolute atomic E-state index is 13.7. The molecule has 8 nitrogen and oxygen atoms in total. The fraction of sp³-hybridized carbons (Fsp3) is 0.643. The van der Waals surface area contributed by atoms with E-state index in [0.29, 0.717) is 39.1 Å².